The highest BCUT2D eigenvalue weighted by Crippen LogP contribution is 2.20. The van der Waals surface area contributed by atoms with E-state index >= 15 is 0 Å². The highest BCUT2D eigenvalue weighted by atomic mass is 35.7. The molecule has 0 saturated carbocycles. The van der Waals surface area contributed by atoms with Crippen molar-refractivity contribution in [1.82, 2.24) is 0 Å². The molecule has 2 nitrogen and oxygen atoms in total. The maximum atomic E-state index is 10.9. The van der Waals surface area contributed by atoms with Crippen molar-refractivity contribution < 1.29 is 8.42 Å². The van der Waals surface area contributed by atoms with Crippen LogP contribution in [0.25, 0.3) is 0 Å². The number of benzene rings is 1. The summed E-state index contributed by atoms with van der Waals surface area (Å²) in [6.45, 7) is 4.18. The van der Waals surface area contributed by atoms with Crippen LogP contribution in [0.1, 0.15) is 30.9 Å². The largest absolute Gasteiger partial charge is 0.232 e. The normalized spacial score (nSPS) is 12.0. The molecule has 0 spiro atoms. The minimum absolute atomic E-state index is 0.00170. The minimum Gasteiger partial charge on any atom is -0.212 e. The third kappa shape index (κ3) is 4.22. The van der Waals surface area contributed by atoms with E-state index in [1.807, 2.05) is 24.3 Å². The summed E-state index contributed by atoms with van der Waals surface area (Å²) in [5, 5.41) is 0. The molecule has 0 bridgehead atoms. The third-order valence-corrected chi connectivity index (χ3v) is 3.45. The summed E-state index contributed by atoms with van der Waals surface area (Å²) in [5.74, 6) is 0.400. The summed E-state index contributed by atoms with van der Waals surface area (Å²) in [4.78, 5) is 0. The van der Waals surface area contributed by atoms with E-state index < -0.39 is 9.05 Å². The standard InChI is InChI=1S/C11H15ClO2S/c1-9(2)11-6-4-3-5-10(11)7-8-15(12,13)14/h3-6,9H,7-8H2,1-2H3. The Balaban J connectivity index is 2.85. The Bertz CT molecular complexity index is 424. The number of hydrogen-bond acceptors (Lipinski definition) is 2. The first kappa shape index (κ1) is 12.5. The highest BCUT2D eigenvalue weighted by Gasteiger charge is 2.10. The van der Waals surface area contributed by atoms with E-state index in [0.29, 0.717) is 12.3 Å². The minimum atomic E-state index is -3.39. The van der Waals surface area contributed by atoms with Crippen LogP contribution in [0, 0.1) is 0 Å². The molecule has 0 aromatic heterocycles. The summed E-state index contributed by atoms with van der Waals surface area (Å²) >= 11 is 0. The predicted molar refractivity (Wildman–Crippen MR) is 63.9 cm³/mol. The lowest BCUT2D eigenvalue weighted by Gasteiger charge is -2.11. The van der Waals surface area contributed by atoms with Crippen LogP contribution in [-0.4, -0.2) is 14.2 Å². The average molecular weight is 247 g/mol. The Hall–Kier alpha value is -0.540. The SMILES string of the molecule is CC(C)c1ccccc1CCS(=O)(=O)Cl. The van der Waals surface area contributed by atoms with Crippen molar-refractivity contribution in [3.8, 4) is 0 Å². The molecule has 84 valence electrons. The van der Waals surface area contributed by atoms with Gasteiger partial charge in [-0.3, -0.25) is 0 Å². The zero-order valence-corrected chi connectivity index (χ0v) is 10.5. The Morgan fingerprint density at radius 2 is 1.87 bits per heavy atom. The molecule has 1 aromatic rings. The van der Waals surface area contributed by atoms with Gasteiger partial charge in [-0.15, -0.1) is 0 Å². The summed E-state index contributed by atoms with van der Waals surface area (Å²) < 4.78 is 21.7. The highest BCUT2D eigenvalue weighted by molar-refractivity contribution is 8.13. The molecule has 0 atom stereocenters. The topological polar surface area (TPSA) is 34.1 Å². The molecular weight excluding hydrogens is 232 g/mol. The number of aryl methyl sites for hydroxylation is 1. The van der Waals surface area contributed by atoms with E-state index in [4.69, 9.17) is 10.7 Å². The van der Waals surface area contributed by atoms with Crippen molar-refractivity contribution in [2.24, 2.45) is 0 Å². The molecule has 0 radical (unpaired) electrons. The van der Waals surface area contributed by atoms with Gasteiger partial charge < -0.3 is 0 Å². The maximum absolute atomic E-state index is 10.9. The fourth-order valence-electron chi connectivity index (χ4n) is 1.56. The molecule has 0 heterocycles. The second-order valence-electron chi connectivity index (χ2n) is 3.85. The lowest BCUT2D eigenvalue weighted by Crippen LogP contribution is -2.04. The van der Waals surface area contributed by atoms with Gasteiger partial charge in [-0.25, -0.2) is 8.42 Å². The maximum Gasteiger partial charge on any atom is 0.232 e. The molecular formula is C11H15ClO2S. The Labute approximate surface area is 95.7 Å². The van der Waals surface area contributed by atoms with Crippen LogP contribution < -0.4 is 0 Å². The first-order valence-electron chi connectivity index (χ1n) is 4.90. The number of halogens is 1. The van der Waals surface area contributed by atoms with Crippen molar-refractivity contribution in [2.45, 2.75) is 26.2 Å². The molecule has 0 aliphatic heterocycles. The van der Waals surface area contributed by atoms with Gasteiger partial charge in [-0.1, -0.05) is 38.1 Å². The second-order valence-corrected chi connectivity index (χ2v) is 6.74. The van der Waals surface area contributed by atoms with E-state index in [1.165, 1.54) is 5.56 Å². The number of hydrogen-bond donors (Lipinski definition) is 0. The van der Waals surface area contributed by atoms with Gasteiger partial charge >= 0.3 is 0 Å². The van der Waals surface area contributed by atoms with E-state index in [2.05, 4.69) is 13.8 Å². The second kappa shape index (κ2) is 4.99. The van der Waals surface area contributed by atoms with Gasteiger partial charge in [-0.2, -0.15) is 0 Å². The van der Waals surface area contributed by atoms with E-state index in [1.54, 1.807) is 0 Å². The molecule has 1 rings (SSSR count). The van der Waals surface area contributed by atoms with Crippen LogP contribution in [-0.2, 0) is 15.5 Å². The zero-order chi connectivity index (χ0) is 11.5. The van der Waals surface area contributed by atoms with Crippen molar-refractivity contribution in [3.05, 3.63) is 35.4 Å². The summed E-state index contributed by atoms with van der Waals surface area (Å²) in [5.41, 5.74) is 2.26. The molecule has 0 amide bonds. The molecule has 0 fully saturated rings. The van der Waals surface area contributed by atoms with Gasteiger partial charge in [-0.05, 0) is 23.5 Å². The Morgan fingerprint density at radius 3 is 2.40 bits per heavy atom. The third-order valence-electron chi connectivity index (χ3n) is 2.29. The van der Waals surface area contributed by atoms with Gasteiger partial charge in [0.1, 0.15) is 0 Å². The molecule has 0 unspecified atom stereocenters. The fourth-order valence-corrected chi connectivity index (χ4v) is 2.25. The molecule has 0 aliphatic carbocycles. The molecule has 0 aliphatic rings. The Morgan fingerprint density at radius 1 is 1.27 bits per heavy atom. The van der Waals surface area contributed by atoms with E-state index in [-0.39, 0.29) is 5.75 Å². The molecule has 0 saturated heterocycles. The van der Waals surface area contributed by atoms with Crippen LogP contribution in [0.15, 0.2) is 24.3 Å². The molecule has 0 N–H and O–H groups in total. The first-order chi connectivity index (χ1) is 6.90. The van der Waals surface area contributed by atoms with Gasteiger partial charge in [0.2, 0.25) is 9.05 Å². The average Bonchev–Trinajstić information content (AvgIpc) is 2.14. The first-order valence-corrected chi connectivity index (χ1v) is 7.38. The lowest BCUT2D eigenvalue weighted by molar-refractivity contribution is 0.608. The molecule has 15 heavy (non-hydrogen) atoms. The molecule has 1 aromatic carbocycles. The zero-order valence-electron chi connectivity index (χ0n) is 8.90. The van der Waals surface area contributed by atoms with Crippen molar-refractivity contribution in [1.29, 1.82) is 0 Å². The van der Waals surface area contributed by atoms with Crippen LogP contribution in [0.2, 0.25) is 0 Å². The van der Waals surface area contributed by atoms with Crippen molar-refractivity contribution >= 4 is 19.7 Å². The van der Waals surface area contributed by atoms with Crippen molar-refractivity contribution in [2.75, 3.05) is 5.75 Å². The fraction of sp³-hybridized carbons (Fsp3) is 0.455. The smallest absolute Gasteiger partial charge is 0.212 e. The van der Waals surface area contributed by atoms with Crippen LogP contribution in [0.4, 0.5) is 0 Å². The lowest BCUT2D eigenvalue weighted by atomic mass is 9.96. The summed E-state index contributed by atoms with van der Waals surface area (Å²) in [6.07, 6.45) is 0.486. The quantitative estimate of drug-likeness (QED) is 0.766. The van der Waals surface area contributed by atoms with E-state index in [0.717, 1.165) is 5.56 Å². The molecule has 4 heteroatoms. The monoisotopic (exact) mass is 246 g/mol. The van der Waals surface area contributed by atoms with E-state index in [9.17, 15) is 8.42 Å². The summed E-state index contributed by atoms with van der Waals surface area (Å²) in [6, 6.07) is 7.87. The summed E-state index contributed by atoms with van der Waals surface area (Å²) in [7, 11) is 1.79. The van der Waals surface area contributed by atoms with Crippen LogP contribution in [0.5, 0.6) is 0 Å². The Kier molecular flexibility index (Phi) is 4.17. The van der Waals surface area contributed by atoms with Crippen molar-refractivity contribution in [3.63, 3.8) is 0 Å². The van der Waals surface area contributed by atoms with Gasteiger partial charge in [0, 0.05) is 10.7 Å². The predicted octanol–water partition coefficient (Wildman–Crippen LogP) is 2.92. The van der Waals surface area contributed by atoms with Crippen LogP contribution in [0.3, 0.4) is 0 Å². The number of rotatable bonds is 4. The van der Waals surface area contributed by atoms with Gasteiger partial charge in [0.05, 0.1) is 5.75 Å². The van der Waals surface area contributed by atoms with Gasteiger partial charge in [0.25, 0.3) is 0 Å². The van der Waals surface area contributed by atoms with Crippen LogP contribution >= 0.6 is 10.7 Å². The van der Waals surface area contributed by atoms with Gasteiger partial charge in [0.15, 0.2) is 0 Å².